The summed E-state index contributed by atoms with van der Waals surface area (Å²) >= 11 is 0. The Balaban J connectivity index is 3.28. The number of aliphatic hydroxyl groups excluding tert-OH is 2. The van der Waals surface area contributed by atoms with Crippen molar-refractivity contribution in [2.75, 3.05) is 13.2 Å². The van der Waals surface area contributed by atoms with Crippen molar-refractivity contribution in [1.82, 2.24) is 5.32 Å². The van der Waals surface area contributed by atoms with Gasteiger partial charge in [0.1, 0.15) is 0 Å². The summed E-state index contributed by atoms with van der Waals surface area (Å²) in [4.78, 5) is 24.5. The van der Waals surface area contributed by atoms with Crippen LogP contribution in [0.25, 0.3) is 0 Å². The average Bonchev–Trinajstić information content (AvgIpc) is 3.45. The second-order valence-corrected chi connectivity index (χ2v) is 25.3. The molecule has 3 N–H and O–H groups in total. The Morgan fingerprint density at radius 2 is 0.595 bits per heavy atom. The van der Waals surface area contributed by atoms with E-state index in [-0.39, 0.29) is 18.5 Å². The van der Waals surface area contributed by atoms with E-state index in [1.807, 2.05) is 0 Å². The summed E-state index contributed by atoms with van der Waals surface area (Å²) in [6.45, 7) is 4.97. The van der Waals surface area contributed by atoms with Gasteiger partial charge in [-0.1, -0.05) is 366 Å². The van der Waals surface area contributed by atoms with Crippen molar-refractivity contribution >= 4 is 11.9 Å². The van der Waals surface area contributed by atoms with Crippen molar-refractivity contribution < 1.29 is 24.5 Å². The van der Waals surface area contributed by atoms with Crippen LogP contribution in [0, 0.1) is 0 Å². The van der Waals surface area contributed by atoms with Crippen molar-refractivity contribution in [1.29, 1.82) is 0 Å². The van der Waals surface area contributed by atoms with Crippen molar-refractivity contribution in [3.8, 4) is 0 Å². The highest BCUT2D eigenvalue weighted by Gasteiger charge is 2.20. The fourth-order valence-electron chi connectivity index (χ4n) is 11.8. The average molecular weight is 1110 g/mol. The van der Waals surface area contributed by atoms with E-state index in [2.05, 4.69) is 31.3 Å². The summed E-state index contributed by atoms with van der Waals surface area (Å²) < 4.78 is 5.51. The number of unbranched alkanes of at least 4 members (excludes halogenated alkanes) is 56. The van der Waals surface area contributed by atoms with Crippen molar-refractivity contribution in [3.05, 3.63) is 12.2 Å². The van der Waals surface area contributed by atoms with Crippen LogP contribution in [0.3, 0.4) is 0 Å². The van der Waals surface area contributed by atoms with E-state index in [1.165, 1.54) is 347 Å². The van der Waals surface area contributed by atoms with Gasteiger partial charge in [-0.15, -0.1) is 0 Å². The minimum absolute atomic E-state index is 0.0257. The van der Waals surface area contributed by atoms with Crippen LogP contribution < -0.4 is 5.32 Å². The maximum Gasteiger partial charge on any atom is 0.305 e. The van der Waals surface area contributed by atoms with Gasteiger partial charge >= 0.3 is 5.97 Å². The third-order valence-corrected chi connectivity index (χ3v) is 17.3. The molecule has 0 heterocycles. The molecular formula is C73H143NO5. The lowest BCUT2D eigenvalue weighted by Crippen LogP contribution is -2.45. The number of carbonyl (C=O) groups is 2. The topological polar surface area (TPSA) is 95.9 Å². The number of rotatable bonds is 69. The first-order valence-electron chi connectivity index (χ1n) is 36.4. The molecule has 0 aromatic carbocycles. The van der Waals surface area contributed by atoms with Crippen LogP contribution in [0.5, 0.6) is 0 Å². The van der Waals surface area contributed by atoms with Crippen LogP contribution in [0.4, 0.5) is 0 Å². The summed E-state index contributed by atoms with van der Waals surface area (Å²) in [6.07, 6.45) is 85.9. The molecule has 0 spiro atoms. The smallest absolute Gasteiger partial charge is 0.305 e. The van der Waals surface area contributed by atoms with Crippen LogP contribution in [-0.4, -0.2) is 47.4 Å². The second-order valence-electron chi connectivity index (χ2n) is 25.3. The molecule has 6 heteroatoms. The van der Waals surface area contributed by atoms with Crippen LogP contribution >= 0.6 is 0 Å². The fourth-order valence-corrected chi connectivity index (χ4v) is 11.8. The lowest BCUT2D eigenvalue weighted by Gasteiger charge is -2.22. The molecule has 0 aliphatic rings. The van der Waals surface area contributed by atoms with Gasteiger partial charge in [0.2, 0.25) is 5.91 Å². The van der Waals surface area contributed by atoms with Gasteiger partial charge < -0.3 is 20.3 Å². The third kappa shape index (κ3) is 65.6. The van der Waals surface area contributed by atoms with Crippen LogP contribution in [0.2, 0.25) is 0 Å². The molecule has 0 fully saturated rings. The van der Waals surface area contributed by atoms with Gasteiger partial charge in [-0.05, 0) is 51.4 Å². The number of aliphatic hydroxyl groups is 2. The Labute approximate surface area is 495 Å². The Kier molecular flexibility index (Phi) is 67.9. The molecule has 1 amide bonds. The third-order valence-electron chi connectivity index (χ3n) is 17.3. The predicted molar refractivity (Wildman–Crippen MR) is 347 cm³/mol. The SMILES string of the molecule is CCCCCCCCCCCCCCCCCCC(=O)OCCCCCCCCCCCCCCCCCC/C=C\CCCCCCCCCCCCCCCCCCCC(=O)NC(CO)C(O)CCCCCCCCCCC. The van der Waals surface area contributed by atoms with E-state index in [1.54, 1.807) is 0 Å². The summed E-state index contributed by atoms with van der Waals surface area (Å²) in [5.41, 5.74) is 0. The molecular weight excluding hydrogens is 971 g/mol. The molecule has 0 aromatic heterocycles. The van der Waals surface area contributed by atoms with Crippen molar-refractivity contribution in [2.45, 2.75) is 431 Å². The summed E-state index contributed by atoms with van der Waals surface area (Å²) in [6, 6.07) is -0.535. The molecule has 2 unspecified atom stereocenters. The van der Waals surface area contributed by atoms with E-state index in [0.29, 0.717) is 25.9 Å². The second kappa shape index (κ2) is 69.1. The molecule has 79 heavy (non-hydrogen) atoms. The maximum atomic E-state index is 12.4. The quantitative estimate of drug-likeness (QED) is 0.0320. The van der Waals surface area contributed by atoms with E-state index < -0.39 is 12.1 Å². The number of nitrogens with one attached hydrogen (secondary N) is 1. The number of ether oxygens (including phenoxy) is 1. The van der Waals surface area contributed by atoms with E-state index in [4.69, 9.17) is 4.74 Å². The molecule has 470 valence electrons. The van der Waals surface area contributed by atoms with Gasteiger partial charge in [0.15, 0.2) is 0 Å². The summed E-state index contributed by atoms with van der Waals surface area (Å²) in [7, 11) is 0. The Morgan fingerprint density at radius 3 is 0.899 bits per heavy atom. The Hall–Kier alpha value is -1.40. The lowest BCUT2D eigenvalue weighted by atomic mass is 10.0. The molecule has 0 saturated heterocycles. The zero-order chi connectivity index (χ0) is 57.1. The molecule has 0 aromatic rings. The number of hydrogen-bond donors (Lipinski definition) is 3. The van der Waals surface area contributed by atoms with E-state index in [9.17, 15) is 19.8 Å². The molecule has 0 radical (unpaired) electrons. The zero-order valence-corrected chi connectivity index (χ0v) is 53.9. The first kappa shape index (κ1) is 77.6. The summed E-state index contributed by atoms with van der Waals surface area (Å²) in [5.74, 6) is -0.00546. The first-order chi connectivity index (χ1) is 39.0. The molecule has 0 bridgehead atoms. The number of amides is 1. The highest BCUT2D eigenvalue weighted by Crippen LogP contribution is 2.19. The monoisotopic (exact) mass is 1110 g/mol. The minimum atomic E-state index is -0.658. The number of esters is 1. The number of allylic oxidation sites excluding steroid dienone is 2. The maximum absolute atomic E-state index is 12.4. The molecule has 2 atom stereocenters. The Morgan fingerprint density at radius 1 is 0.342 bits per heavy atom. The lowest BCUT2D eigenvalue weighted by molar-refractivity contribution is -0.143. The van der Waals surface area contributed by atoms with Gasteiger partial charge in [-0.2, -0.15) is 0 Å². The molecule has 0 rings (SSSR count). The van der Waals surface area contributed by atoms with Crippen LogP contribution in [0.15, 0.2) is 12.2 Å². The standard InChI is InChI=1S/C73H143NO5/c1-3-5-7-9-11-13-14-15-16-41-44-47-51-55-59-63-67-73(78)79-68-64-60-56-52-48-45-42-39-37-35-33-31-29-27-25-23-21-19-17-18-20-22-24-26-28-30-32-34-36-38-40-43-46-50-54-58-62-66-72(77)74-70(69-75)71(76)65-61-57-53-49-12-10-8-6-4-2/h17,19,70-71,75-76H,3-16,18,20-69H2,1-2H3,(H,74,77)/b19-17-. The predicted octanol–water partition coefficient (Wildman–Crippen LogP) is 23.5. The number of hydrogen-bond acceptors (Lipinski definition) is 5. The van der Waals surface area contributed by atoms with Gasteiger partial charge in [-0.25, -0.2) is 0 Å². The fraction of sp³-hybridized carbons (Fsp3) is 0.945. The highest BCUT2D eigenvalue weighted by molar-refractivity contribution is 5.76. The van der Waals surface area contributed by atoms with Gasteiger partial charge in [0.25, 0.3) is 0 Å². The van der Waals surface area contributed by atoms with Gasteiger partial charge in [0.05, 0.1) is 25.4 Å². The molecule has 0 aliphatic carbocycles. The number of carbonyl (C=O) groups excluding carboxylic acids is 2. The Bertz CT molecular complexity index is 1190. The summed E-state index contributed by atoms with van der Waals surface area (Å²) in [5, 5.41) is 23.1. The highest BCUT2D eigenvalue weighted by atomic mass is 16.5. The van der Waals surface area contributed by atoms with Crippen molar-refractivity contribution in [2.24, 2.45) is 0 Å². The van der Waals surface area contributed by atoms with E-state index in [0.717, 1.165) is 38.5 Å². The van der Waals surface area contributed by atoms with Crippen molar-refractivity contribution in [3.63, 3.8) is 0 Å². The van der Waals surface area contributed by atoms with Gasteiger partial charge in [-0.3, -0.25) is 9.59 Å². The van der Waals surface area contributed by atoms with E-state index >= 15 is 0 Å². The normalized spacial score (nSPS) is 12.5. The molecule has 6 nitrogen and oxygen atoms in total. The van der Waals surface area contributed by atoms with Crippen LogP contribution in [-0.2, 0) is 14.3 Å². The zero-order valence-electron chi connectivity index (χ0n) is 53.9. The minimum Gasteiger partial charge on any atom is -0.466 e. The van der Waals surface area contributed by atoms with Crippen LogP contribution in [0.1, 0.15) is 418 Å². The molecule has 0 aliphatic heterocycles. The largest absolute Gasteiger partial charge is 0.466 e. The van der Waals surface area contributed by atoms with Gasteiger partial charge in [0, 0.05) is 12.8 Å². The first-order valence-corrected chi connectivity index (χ1v) is 36.4. The molecule has 0 saturated carbocycles.